The summed E-state index contributed by atoms with van der Waals surface area (Å²) < 4.78 is 37.9. The van der Waals surface area contributed by atoms with Gasteiger partial charge >= 0.3 is 5.97 Å². The summed E-state index contributed by atoms with van der Waals surface area (Å²) in [6, 6.07) is 12.8. The predicted octanol–water partition coefficient (Wildman–Crippen LogP) is 1.50. The molecule has 0 spiro atoms. The largest absolute Gasteiger partial charge is 0.497 e. The summed E-state index contributed by atoms with van der Waals surface area (Å²) in [5, 5.41) is 0. The Kier molecular flexibility index (Phi) is 5.46. The molecule has 0 unspecified atom stereocenters. The highest BCUT2D eigenvalue weighted by Gasteiger charge is 2.31. The lowest BCUT2D eigenvalue weighted by molar-refractivity contribution is -0.142. The minimum atomic E-state index is -3.77. The zero-order valence-electron chi connectivity index (χ0n) is 15.3. The molecule has 8 nitrogen and oxygen atoms in total. The number of sulfonamides is 1. The number of esters is 1. The van der Waals surface area contributed by atoms with Gasteiger partial charge in [0.1, 0.15) is 17.2 Å². The number of hydrogen-bond donors (Lipinski definition) is 0. The summed E-state index contributed by atoms with van der Waals surface area (Å²) in [6.45, 7) is -0.668. The maximum atomic E-state index is 12.1. The topological polar surface area (TPSA) is 102 Å². The Morgan fingerprint density at radius 1 is 1.07 bits per heavy atom. The SMILES string of the molecule is COc1ccc(C(=O)COC(=O)CN(C)C2=NS(=O)(=O)c3ccccc32)cc1. The normalized spacial score (nSPS) is 14.0. The Balaban J connectivity index is 1.60. The number of hydrogen-bond acceptors (Lipinski definition) is 7. The molecule has 0 atom stereocenters. The van der Waals surface area contributed by atoms with Crippen molar-refractivity contribution >= 4 is 27.6 Å². The molecular formula is C19H18N2O6S. The zero-order chi connectivity index (χ0) is 20.3. The van der Waals surface area contributed by atoms with Crippen molar-refractivity contribution in [3.05, 3.63) is 59.7 Å². The fourth-order valence-electron chi connectivity index (χ4n) is 2.68. The highest BCUT2D eigenvalue weighted by atomic mass is 32.2. The second-order valence-corrected chi connectivity index (χ2v) is 7.63. The van der Waals surface area contributed by atoms with Gasteiger partial charge in [0.2, 0.25) is 0 Å². The van der Waals surface area contributed by atoms with Gasteiger partial charge in [-0.2, -0.15) is 8.42 Å². The molecule has 1 aliphatic heterocycles. The number of benzene rings is 2. The van der Waals surface area contributed by atoms with Gasteiger partial charge in [-0.3, -0.25) is 9.59 Å². The number of methoxy groups -OCH3 is 1. The first-order valence-electron chi connectivity index (χ1n) is 8.30. The van der Waals surface area contributed by atoms with E-state index in [0.29, 0.717) is 16.9 Å². The second kappa shape index (κ2) is 7.81. The number of likely N-dealkylation sites (N-methyl/N-ethyl adjacent to an activating group) is 1. The summed E-state index contributed by atoms with van der Waals surface area (Å²) in [5.41, 5.74) is 0.814. The number of rotatable bonds is 6. The minimum Gasteiger partial charge on any atom is -0.497 e. The van der Waals surface area contributed by atoms with E-state index < -0.39 is 22.6 Å². The number of amidine groups is 1. The molecular weight excluding hydrogens is 384 g/mol. The van der Waals surface area contributed by atoms with Crippen molar-refractivity contribution in [3.8, 4) is 5.75 Å². The molecule has 0 aliphatic carbocycles. The fourth-order valence-corrected chi connectivity index (χ4v) is 3.94. The molecule has 146 valence electrons. The van der Waals surface area contributed by atoms with E-state index in [0.717, 1.165) is 0 Å². The number of ether oxygens (including phenoxy) is 2. The third-order valence-corrected chi connectivity index (χ3v) is 5.44. The van der Waals surface area contributed by atoms with E-state index in [9.17, 15) is 18.0 Å². The first kappa shape index (κ1) is 19.6. The molecule has 0 bridgehead atoms. The van der Waals surface area contributed by atoms with Crippen LogP contribution in [0.1, 0.15) is 15.9 Å². The maximum Gasteiger partial charge on any atom is 0.326 e. The van der Waals surface area contributed by atoms with Crippen LogP contribution in [-0.4, -0.2) is 58.2 Å². The minimum absolute atomic E-state index is 0.0971. The smallest absolute Gasteiger partial charge is 0.326 e. The van der Waals surface area contributed by atoms with E-state index in [-0.39, 0.29) is 23.1 Å². The Morgan fingerprint density at radius 2 is 1.75 bits per heavy atom. The summed E-state index contributed by atoms with van der Waals surface area (Å²) >= 11 is 0. The number of nitrogens with zero attached hydrogens (tertiary/aromatic N) is 2. The molecule has 2 aromatic rings. The fraction of sp³-hybridized carbons (Fsp3) is 0.211. The number of fused-ring (bicyclic) bond motifs is 1. The molecule has 0 fully saturated rings. The van der Waals surface area contributed by atoms with Crippen molar-refractivity contribution < 1.29 is 27.5 Å². The van der Waals surface area contributed by atoms with Crippen molar-refractivity contribution in [2.24, 2.45) is 4.40 Å². The quantitative estimate of drug-likeness (QED) is 0.533. The van der Waals surface area contributed by atoms with Gasteiger partial charge in [0.25, 0.3) is 10.0 Å². The van der Waals surface area contributed by atoms with Gasteiger partial charge in [0.15, 0.2) is 18.2 Å². The van der Waals surface area contributed by atoms with Gasteiger partial charge in [0, 0.05) is 18.2 Å². The molecule has 9 heteroatoms. The summed E-state index contributed by atoms with van der Waals surface area (Å²) in [5.74, 6) is -0.254. The highest BCUT2D eigenvalue weighted by Crippen LogP contribution is 2.26. The highest BCUT2D eigenvalue weighted by molar-refractivity contribution is 7.90. The van der Waals surface area contributed by atoms with Crippen LogP contribution in [0.25, 0.3) is 0 Å². The molecule has 0 amide bonds. The Hall–Kier alpha value is -3.20. The third kappa shape index (κ3) is 4.04. The lowest BCUT2D eigenvalue weighted by Gasteiger charge is -2.17. The van der Waals surface area contributed by atoms with Crippen molar-refractivity contribution in [3.63, 3.8) is 0 Å². The molecule has 2 aromatic carbocycles. The summed E-state index contributed by atoms with van der Waals surface area (Å²) in [4.78, 5) is 25.7. The Labute approximate surface area is 162 Å². The number of carbonyl (C=O) groups excluding carboxylic acids is 2. The van der Waals surface area contributed by atoms with E-state index in [1.807, 2.05) is 0 Å². The molecule has 0 saturated carbocycles. The van der Waals surface area contributed by atoms with Crippen molar-refractivity contribution in [2.45, 2.75) is 4.90 Å². The molecule has 0 aromatic heterocycles. The molecule has 1 aliphatic rings. The van der Waals surface area contributed by atoms with Crippen molar-refractivity contribution in [2.75, 3.05) is 27.3 Å². The van der Waals surface area contributed by atoms with E-state index in [1.165, 1.54) is 25.1 Å². The Morgan fingerprint density at radius 3 is 2.43 bits per heavy atom. The number of ketones is 1. The molecule has 1 heterocycles. The first-order chi connectivity index (χ1) is 13.3. The zero-order valence-corrected chi connectivity index (χ0v) is 16.1. The van der Waals surface area contributed by atoms with Crippen LogP contribution < -0.4 is 4.74 Å². The van der Waals surface area contributed by atoms with Crippen LogP contribution in [-0.2, 0) is 19.6 Å². The van der Waals surface area contributed by atoms with Crippen LogP contribution in [0.5, 0.6) is 5.75 Å². The molecule has 0 saturated heterocycles. The van der Waals surface area contributed by atoms with Gasteiger partial charge in [-0.15, -0.1) is 4.40 Å². The van der Waals surface area contributed by atoms with Gasteiger partial charge in [-0.05, 0) is 36.4 Å². The van der Waals surface area contributed by atoms with Gasteiger partial charge < -0.3 is 14.4 Å². The summed E-state index contributed by atoms with van der Waals surface area (Å²) in [6.07, 6.45) is 0. The maximum absolute atomic E-state index is 12.1. The Bertz CT molecular complexity index is 1040. The van der Waals surface area contributed by atoms with Gasteiger partial charge in [-0.1, -0.05) is 12.1 Å². The van der Waals surface area contributed by atoms with Gasteiger partial charge in [-0.25, -0.2) is 0 Å². The van der Waals surface area contributed by atoms with Crippen LogP contribution in [0.3, 0.4) is 0 Å². The lowest BCUT2D eigenvalue weighted by atomic mass is 10.1. The van der Waals surface area contributed by atoms with E-state index in [2.05, 4.69) is 4.40 Å². The van der Waals surface area contributed by atoms with Crippen molar-refractivity contribution in [1.82, 2.24) is 4.90 Å². The van der Waals surface area contributed by atoms with E-state index in [4.69, 9.17) is 9.47 Å². The number of carbonyl (C=O) groups is 2. The monoisotopic (exact) mass is 402 g/mol. The number of Topliss-reactive ketones (excluding diaryl/α,β-unsaturated/α-hetero) is 1. The molecule has 28 heavy (non-hydrogen) atoms. The third-order valence-electron chi connectivity index (χ3n) is 4.12. The summed E-state index contributed by atoms with van der Waals surface area (Å²) in [7, 11) is -0.721. The lowest BCUT2D eigenvalue weighted by Crippen LogP contribution is -2.33. The second-order valence-electron chi connectivity index (χ2n) is 6.05. The van der Waals surface area contributed by atoms with Gasteiger partial charge in [0.05, 0.1) is 7.11 Å². The van der Waals surface area contributed by atoms with E-state index >= 15 is 0 Å². The van der Waals surface area contributed by atoms with Crippen molar-refractivity contribution in [1.29, 1.82) is 0 Å². The van der Waals surface area contributed by atoms with Crippen LogP contribution in [0.15, 0.2) is 57.8 Å². The van der Waals surface area contributed by atoms with Crippen LogP contribution in [0.4, 0.5) is 0 Å². The first-order valence-corrected chi connectivity index (χ1v) is 9.74. The average molecular weight is 402 g/mol. The predicted molar refractivity (Wildman–Crippen MR) is 101 cm³/mol. The van der Waals surface area contributed by atoms with Crippen LogP contribution >= 0.6 is 0 Å². The molecule has 0 radical (unpaired) electrons. The standard InChI is InChI=1S/C19H18N2O6S/c1-21(19-15-5-3-4-6-17(15)28(24,25)20-19)11-18(23)27-12-16(22)13-7-9-14(26-2)10-8-13/h3-10H,11-12H2,1-2H3. The average Bonchev–Trinajstić information content (AvgIpc) is 2.98. The molecule has 3 rings (SSSR count). The van der Waals surface area contributed by atoms with Crippen LogP contribution in [0.2, 0.25) is 0 Å². The van der Waals surface area contributed by atoms with E-state index in [1.54, 1.807) is 42.5 Å². The van der Waals surface area contributed by atoms with Crippen LogP contribution in [0, 0.1) is 0 Å². The molecule has 0 N–H and O–H groups in total.